The van der Waals surface area contributed by atoms with E-state index >= 15 is 0 Å². The zero-order valence-electron chi connectivity index (χ0n) is 6.80. The highest BCUT2D eigenvalue weighted by molar-refractivity contribution is 9.10. The molecule has 1 atom stereocenters. The normalized spacial score (nSPS) is 12.9. The van der Waals surface area contributed by atoms with Crippen molar-refractivity contribution in [3.8, 4) is 0 Å². The first kappa shape index (κ1) is 9.51. The quantitative estimate of drug-likeness (QED) is 0.476. The van der Waals surface area contributed by atoms with Gasteiger partial charge in [0.05, 0.1) is 12.3 Å². The van der Waals surface area contributed by atoms with Crippen LogP contribution in [0.3, 0.4) is 0 Å². The molecule has 1 aromatic rings. The van der Waals surface area contributed by atoms with Gasteiger partial charge in [-0.2, -0.15) is 0 Å². The van der Waals surface area contributed by atoms with Crippen LogP contribution in [0.5, 0.6) is 0 Å². The molecule has 12 heavy (non-hydrogen) atoms. The lowest BCUT2D eigenvalue weighted by Gasteiger charge is -2.13. The Morgan fingerprint density at radius 3 is 2.83 bits per heavy atom. The third-order valence-electron chi connectivity index (χ3n) is 1.62. The molecule has 3 nitrogen and oxygen atoms in total. The molecule has 0 spiro atoms. The van der Waals surface area contributed by atoms with Crippen LogP contribution in [0, 0.1) is 0 Å². The lowest BCUT2D eigenvalue weighted by atomic mass is 10.1. The van der Waals surface area contributed by atoms with Crippen LogP contribution in [-0.4, -0.2) is 0 Å². The van der Waals surface area contributed by atoms with Crippen LogP contribution < -0.4 is 11.3 Å². The van der Waals surface area contributed by atoms with Crippen molar-refractivity contribution in [2.24, 2.45) is 5.84 Å². The fourth-order valence-electron chi connectivity index (χ4n) is 1.01. The highest BCUT2D eigenvalue weighted by Crippen LogP contribution is 2.27. The minimum absolute atomic E-state index is 0.0573. The smallest absolute Gasteiger partial charge is 0.174 e. The van der Waals surface area contributed by atoms with E-state index in [4.69, 9.17) is 10.3 Å². The first-order valence-corrected chi connectivity index (χ1v) is 4.30. The molecule has 1 rings (SSSR count). The van der Waals surface area contributed by atoms with Crippen molar-refractivity contribution in [1.29, 1.82) is 0 Å². The largest absolute Gasteiger partial charge is 0.457 e. The van der Waals surface area contributed by atoms with Gasteiger partial charge in [-0.15, -0.1) is 0 Å². The molecule has 0 saturated carbocycles. The number of rotatable bonds is 3. The van der Waals surface area contributed by atoms with Crippen LogP contribution in [0.15, 0.2) is 33.6 Å². The van der Waals surface area contributed by atoms with Gasteiger partial charge in [-0.1, -0.05) is 12.2 Å². The predicted octanol–water partition coefficient (Wildman–Crippen LogP) is 2.12. The second kappa shape index (κ2) is 3.89. The summed E-state index contributed by atoms with van der Waals surface area (Å²) in [6.45, 7) is 5.73. The summed E-state index contributed by atoms with van der Waals surface area (Å²) in [4.78, 5) is 0. The summed E-state index contributed by atoms with van der Waals surface area (Å²) in [5, 5.41) is 0. The second-order valence-corrected chi connectivity index (χ2v) is 3.32. The minimum atomic E-state index is -0.0573. The van der Waals surface area contributed by atoms with Crippen LogP contribution >= 0.6 is 15.9 Å². The molecule has 1 unspecified atom stereocenters. The Morgan fingerprint density at radius 1 is 1.83 bits per heavy atom. The molecular weight excluding hydrogens is 220 g/mol. The first-order valence-electron chi connectivity index (χ1n) is 3.51. The summed E-state index contributed by atoms with van der Waals surface area (Å²) >= 11 is 3.27. The predicted molar refractivity (Wildman–Crippen MR) is 51.3 cm³/mol. The number of nitrogens with one attached hydrogen (secondary N) is 1. The van der Waals surface area contributed by atoms with Gasteiger partial charge in [0.2, 0.25) is 0 Å². The van der Waals surface area contributed by atoms with Gasteiger partial charge in [0.25, 0.3) is 0 Å². The van der Waals surface area contributed by atoms with E-state index in [-0.39, 0.29) is 6.04 Å². The van der Waals surface area contributed by atoms with Crippen molar-refractivity contribution in [2.75, 3.05) is 0 Å². The number of hydrogen-bond donors (Lipinski definition) is 2. The van der Waals surface area contributed by atoms with Crippen molar-refractivity contribution in [1.82, 2.24) is 5.43 Å². The van der Waals surface area contributed by atoms with E-state index < -0.39 is 0 Å². The van der Waals surface area contributed by atoms with Crippen molar-refractivity contribution >= 4 is 15.9 Å². The fraction of sp³-hybridized carbons (Fsp3) is 0.250. The van der Waals surface area contributed by atoms with Crippen molar-refractivity contribution in [3.63, 3.8) is 0 Å². The van der Waals surface area contributed by atoms with Crippen LogP contribution in [0.25, 0.3) is 0 Å². The Balaban J connectivity index is 2.94. The third-order valence-corrected chi connectivity index (χ3v) is 2.26. The summed E-state index contributed by atoms with van der Waals surface area (Å²) in [5.74, 6) is 5.36. The SMILES string of the molecule is C=C(C)C(NN)c1ccoc1Br. The maximum Gasteiger partial charge on any atom is 0.174 e. The maximum atomic E-state index is 5.36. The summed E-state index contributed by atoms with van der Waals surface area (Å²) in [6.07, 6.45) is 1.60. The molecule has 0 bridgehead atoms. The molecule has 0 saturated heterocycles. The summed E-state index contributed by atoms with van der Waals surface area (Å²) in [5.41, 5.74) is 4.56. The van der Waals surface area contributed by atoms with E-state index in [1.165, 1.54) is 0 Å². The minimum Gasteiger partial charge on any atom is -0.457 e. The molecule has 4 heteroatoms. The molecule has 0 aliphatic rings. The highest BCUT2D eigenvalue weighted by atomic mass is 79.9. The van der Waals surface area contributed by atoms with Crippen molar-refractivity contribution in [2.45, 2.75) is 13.0 Å². The van der Waals surface area contributed by atoms with Gasteiger partial charge in [0.1, 0.15) is 0 Å². The first-order chi connectivity index (χ1) is 5.66. The zero-order valence-corrected chi connectivity index (χ0v) is 8.39. The van der Waals surface area contributed by atoms with Crippen molar-refractivity contribution < 1.29 is 4.42 Å². The number of halogens is 1. The van der Waals surface area contributed by atoms with Crippen LogP contribution in [0.2, 0.25) is 0 Å². The lowest BCUT2D eigenvalue weighted by Crippen LogP contribution is -2.28. The molecule has 0 amide bonds. The van der Waals surface area contributed by atoms with Gasteiger partial charge in [-0.25, -0.2) is 5.43 Å². The molecular formula is C8H11BrN2O. The molecule has 0 aliphatic heterocycles. The maximum absolute atomic E-state index is 5.36. The fourth-order valence-corrected chi connectivity index (χ4v) is 1.48. The van der Waals surface area contributed by atoms with Gasteiger partial charge in [-0.3, -0.25) is 5.84 Å². The zero-order chi connectivity index (χ0) is 9.14. The average Bonchev–Trinajstić information content (AvgIpc) is 2.38. The van der Waals surface area contributed by atoms with Gasteiger partial charge >= 0.3 is 0 Å². The number of furan rings is 1. The molecule has 0 radical (unpaired) electrons. The van der Waals surface area contributed by atoms with E-state index in [1.54, 1.807) is 6.26 Å². The molecule has 0 aliphatic carbocycles. The van der Waals surface area contributed by atoms with Gasteiger partial charge in [-0.05, 0) is 28.9 Å². The topological polar surface area (TPSA) is 51.2 Å². The summed E-state index contributed by atoms with van der Waals surface area (Å²) < 4.78 is 5.77. The molecule has 1 heterocycles. The summed E-state index contributed by atoms with van der Waals surface area (Å²) in [6, 6.07) is 1.79. The molecule has 0 fully saturated rings. The molecule has 3 N–H and O–H groups in total. The standard InChI is InChI=1S/C8H11BrN2O/c1-5(2)7(11-10)6-3-4-12-8(6)9/h3-4,7,11H,1,10H2,2H3. The van der Waals surface area contributed by atoms with Crippen LogP contribution in [0.4, 0.5) is 0 Å². The van der Waals surface area contributed by atoms with E-state index in [0.717, 1.165) is 11.1 Å². The number of hydrazine groups is 1. The lowest BCUT2D eigenvalue weighted by molar-refractivity contribution is 0.525. The van der Waals surface area contributed by atoms with Gasteiger partial charge < -0.3 is 4.42 Å². The van der Waals surface area contributed by atoms with Gasteiger partial charge in [0.15, 0.2) is 4.67 Å². The Hall–Kier alpha value is -0.580. The Bertz CT molecular complexity index is 282. The monoisotopic (exact) mass is 230 g/mol. The van der Waals surface area contributed by atoms with E-state index in [2.05, 4.69) is 27.9 Å². The Labute approximate surface area is 79.7 Å². The Kier molecular flexibility index (Phi) is 3.08. The molecule has 0 aromatic carbocycles. The van der Waals surface area contributed by atoms with E-state index in [9.17, 15) is 0 Å². The van der Waals surface area contributed by atoms with E-state index in [1.807, 2.05) is 13.0 Å². The van der Waals surface area contributed by atoms with E-state index in [0.29, 0.717) is 4.67 Å². The van der Waals surface area contributed by atoms with Crippen LogP contribution in [0.1, 0.15) is 18.5 Å². The average molecular weight is 231 g/mol. The Morgan fingerprint density at radius 2 is 2.50 bits per heavy atom. The summed E-state index contributed by atoms with van der Waals surface area (Å²) in [7, 11) is 0. The number of hydrogen-bond acceptors (Lipinski definition) is 3. The van der Waals surface area contributed by atoms with Crippen LogP contribution in [-0.2, 0) is 0 Å². The second-order valence-electron chi connectivity index (χ2n) is 2.60. The van der Waals surface area contributed by atoms with Gasteiger partial charge in [0, 0.05) is 5.56 Å². The molecule has 1 aromatic heterocycles. The third kappa shape index (κ3) is 1.77. The van der Waals surface area contributed by atoms with Crippen molar-refractivity contribution in [3.05, 3.63) is 34.7 Å². The highest BCUT2D eigenvalue weighted by Gasteiger charge is 2.15. The molecule has 66 valence electrons. The number of nitrogens with two attached hydrogens (primary N) is 1.